The standard InChI is InChI=1S/C21H15ClO5/c1-25-18-6-3-2-5-14(18)8-10-17(23)16-13-15(22)9-11-19(16)27-21(24)20-7-4-12-26-20/h2-13H,1H3. The maximum absolute atomic E-state index is 12.7. The molecule has 0 saturated heterocycles. The third kappa shape index (κ3) is 4.46. The topological polar surface area (TPSA) is 65.7 Å². The third-order valence-electron chi connectivity index (χ3n) is 3.69. The molecule has 0 aliphatic heterocycles. The maximum atomic E-state index is 12.7. The summed E-state index contributed by atoms with van der Waals surface area (Å²) >= 11 is 6.01. The van der Waals surface area contributed by atoms with Crippen LogP contribution >= 0.6 is 11.6 Å². The van der Waals surface area contributed by atoms with Crippen molar-refractivity contribution in [3.63, 3.8) is 0 Å². The summed E-state index contributed by atoms with van der Waals surface area (Å²) in [6, 6.07) is 14.8. The van der Waals surface area contributed by atoms with E-state index in [4.69, 9.17) is 25.5 Å². The lowest BCUT2D eigenvalue weighted by molar-refractivity contribution is 0.0700. The second kappa shape index (κ2) is 8.38. The van der Waals surface area contributed by atoms with Crippen LogP contribution in [0.5, 0.6) is 11.5 Å². The number of carbonyl (C=O) groups excluding carboxylic acids is 2. The van der Waals surface area contributed by atoms with Crippen LogP contribution in [0, 0.1) is 0 Å². The van der Waals surface area contributed by atoms with Crippen LogP contribution in [0.25, 0.3) is 6.08 Å². The summed E-state index contributed by atoms with van der Waals surface area (Å²) < 4.78 is 15.6. The van der Waals surface area contributed by atoms with Gasteiger partial charge in [-0.3, -0.25) is 4.79 Å². The molecule has 6 heteroatoms. The van der Waals surface area contributed by atoms with E-state index in [-0.39, 0.29) is 22.9 Å². The van der Waals surface area contributed by atoms with E-state index < -0.39 is 5.97 Å². The van der Waals surface area contributed by atoms with Crippen LogP contribution in [0.4, 0.5) is 0 Å². The number of ether oxygens (including phenoxy) is 2. The molecule has 0 amide bonds. The van der Waals surface area contributed by atoms with Crippen molar-refractivity contribution in [2.45, 2.75) is 0 Å². The van der Waals surface area contributed by atoms with E-state index in [1.54, 1.807) is 25.3 Å². The Morgan fingerprint density at radius 3 is 2.59 bits per heavy atom. The van der Waals surface area contributed by atoms with Crippen LogP contribution in [-0.2, 0) is 0 Å². The number of allylic oxidation sites excluding steroid dienone is 1. The van der Waals surface area contributed by atoms with Gasteiger partial charge in [-0.25, -0.2) is 4.79 Å². The minimum absolute atomic E-state index is 0.0351. The lowest BCUT2D eigenvalue weighted by atomic mass is 10.1. The molecule has 0 fully saturated rings. The molecule has 136 valence electrons. The minimum Gasteiger partial charge on any atom is -0.496 e. The van der Waals surface area contributed by atoms with Crippen molar-refractivity contribution >= 4 is 29.4 Å². The van der Waals surface area contributed by atoms with Crippen LogP contribution in [-0.4, -0.2) is 18.9 Å². The highest BCUT2D eigenvalue weighted by atomic mass is 35.5. The molecular weight excluding hydrogens is 368 g/mol. The zero-order chi connectivity index (χ0) is 19.2. The zero-order valence-corrected chi connectivity index (χ0v) is 15.1. The van der Waals surface area contributed by atoms with Gasteiger partial charge in [-0.15, -0.1) is 0 Å². The largest absolute Gasteiger partial charge is 0.496 e. The van der Waals surface area contributed by atoms with Crippen molar-refractivity contribution in [2.75, 3.05) is 7.11 Å². The van der Waals surface area contributed by atoms with Crippen molar-refractivity contribution < 1.29 is 23.5 Å². The SMILES string of the molecule is COc1ccccc1C=CC(=O)c1cc(Cl)ccc1OC(=O)c1ccco1. The van der Waals surface area contributed by atoms with Crippen molar-refractivity contribution in [1.29, 1.82) is 0 Å². The first-order valence-corrected chi connectivity index (χ1v) is 8.37. The number of para-hydroxylation sites is 1. The summed E-state index contributed by atoms with van der Waals surface area (Å²) in [6.45, 7) is 0. The van der Waals surface area contributed by atoms with E-state index in [9.17, 15) is 9.59 Å². The Morgan fingerprint density at radius 2 is 1.85 bits per heavy atom. The van der Waals surface area contributed by atoms with E-state index in [1.165, 1.54) is 36.6 Å². The second-order valence-electron chi connectivity index (χ2n) is 5.45. The molecule has 0 aliphatic carbocycles. The predicted molar refractivity (Wildman–Crippen MR) is 101 cm³/mol. The number of ketones is 1. The summed E-state index contributed by atoms with van der Waals surface area (Å²) in [5.41, 5.74) is 0.901. The van der Waals surface area contributed by atoms with E-state index >= 15 is 0 Å². The Bertz CT molecular complexity index is 990. The highest BCUT2D eigenvalue weighted by Crippen LogP contribution is 2.26. The normalized spacial score (nSPS) is 10.7. The molecule has 5 nitrogen and oxygen atoms in total. The molecule has 3 aromatic rings. The van der Waals surface area contributed by atoms with Crippen molar-refractivity contribution in [3.8, 4) is 11.5 Å². The van der Waals surface area contributed by atoms with Gasteiger partial charge >= 0.3 is 5.97 Å². The number of methoxy groups -OCH3 is 1. The molecule has 0 aliphatic rings. The number of rotatable bonds is 6. The van der Waals surface area contributed by atoms with Gasteiger partial charge in [-0.2, -0.15) is 0 Å². The van der Waals surface area contributed by atoms with Gasteiger partial charge in [0.1, 0.15) is 11.5 Å². The summed E-state index contributed by atoms with van der Waals surface area (Å²) in [6.07, 6.45) is 4.36. The van der Waals surface area contributed by atoms with Crippen molar-refractivity contribution in [3.05, 3.63) is 88.8 Å². The first-order chi connectivity index (χ1) is 13.1. The van der Waals surface area contributed by atoms with Gasteiger partial charge in [-0.1, -0.05) is 29.8 Å². The number of carbonyl (C=O) groups is 2. The van der Waals surface area contributed by atoms with Crippen LogP contribution in [0.2, 0.25) is 5.02 Å². The van der Waals surface area contributed by atoms with E-state index in [1.807, 2.05) is 18.2 Å². The first kappa shape index (κ1) is 18.5. The number of halogens is 1. The number of furan rings is 1. The lowest BCUT2D eigenvalue weighted by Crippen LogP contribution is -2.10. The highest BCUT2D eigenvalue weighted by Gasteiger charge is 2.17. The van der Waals surface area contributed by atoms with Gasteiger partial charge < -0.3 is 13.9 Å². The van der Waals surface area contributed by atoms with Crippen LogP contribution in [0.1, 0.15) is 26.5 Å². The zero-order valence-electron chi connectivity index (χ0n) is 14.3. The fourth-order valence-electron chi connectivity index (χ4n) is 2.39. The Labute approximate surface area is 160 Å². The first-order valence-electron chi connectivity index (χ1n) is 7.99. The molecule has 3 rings (SSSR count). The van der Waals surface area contributed by atoms with Crippen LogP contribution < -0.4 is 9.47 Å². The van der Waals surface area contributed by atoms with E-state index in [2.05, 4.69) is 0 Å². The van der Waals surface area contributed by atoms with Crippen LogP contribution in [0.15, 0.2) is 71.4 Å². The molecular formula is C21H15ClO5. The van der Waals surface area contributed by atoms with E-state index in [0.717, 1.165) is 5.56 Å². The van der Waals surface area contributed by atoms with Gasteiger partial charge in [0.15, 0.2) is 5.78 Å². The molecule has 0 radical (unpaired) electrons. The maximum Gasteiger partial charge on any atom is 0.379 e. The molecule has 1 heterocycles. The van der Waals surface area contributed by atoms with Crippen LogP contribution in [0.3, 0.4) is 0 Å². The Hall–Kier alpha value is -3.31. The molecule has 0 unspecified atom stereocenters. The van der Waals surface area contributed by atoms with Crippen molar-refractivity contribution in [1.82, 2.24) is 0 Å². The fourth-order valence-corrected chi connectivity index (χ4v) is 2.56. The summed E-state index contributed by atoms with van der Waals surface area (Å²) in [5.74, 6) is -0.309. The van der Waals surface area contributed by atoms with Crippen molar-refractivity contribution in [2.24, 2.45) is 0 Å². The van der Waals surface area contributed by atoms with Gasteiger partial charge in [0.25, 0.3) is 0 Å². The number of benzene rings is 2. The molecule has 0 N–H and O–H groups in total. The molecule has 0 atom stereocenters. The van der Waals surface area contributed by atoms with Gasteiger partial charge in [0.05, 0.1) is 18.9 Å². The molecule has 0 bridgehead atoms. The Kier molecular flexibility index (Phi) is 5.74. The lowest BCUT2D eigenvalue weighted by Gasteiger charge is -2.08. The molecule has 27 heavy (non-hydrogen) atoms. The van der Waals surface area contributed by atoms with Gasteiger partial charge in [0, 0.05) is 10.6 Å². The smallest absolute Gasteiger partial charge is 0.379 e. The molecule has 0 spiro atoms. The minimum atomic E-state index is -0.704. The fraction of sp³-hybridized carbons (Fsp3) is 0.0476. The number of esters is 1. The summed E-state index contributed by atoms with van der Waals surface area (Å²) in [4.78, 5) is 24.8. The van der Waals surface area contributed by atoms with Gasteiger partial charge in [-0.05, 0) is 48.6 Å². The average molecular weight is 383 g/mol. The summed E-state index contributed by atoms with van der Waals surface area (Å²) in [5, 5.41) is 0.349. The number of hydrogen-bond donors (Lipinski definition) is 0. The predicted octanol–water partition coefficient (Wildman–Crippen LogP) is 5.06. The van der Waals surface area contributed by atoms with E-state index in [0.29, 0.717) is 10.8 Å². The summed E-state index contributed by atoms with van der Waals surface area (Å²) in [7, 11) is 1.55. The van der Waals surface area contributed by atoms with Gasteiger partial charge in [0.2, 0.25) is 5.76 Å². The Balaban J connectivity index is 1.86. The third-order valence-corrected chi connectivity index (χ3v) is 3.92. The molecule has 1 aromatic heterocycles. The second-order valence-corrected chi connectivity index (χ2v) is 5.88. The molecule has 0 saturated carbocycles. The highest BCUT2D eigenvalue weighted by molar-refractivity contribution is 6.31. The quantitative estimate of drug-likeness (QED) is 0.258. The molecule has 2 aromatic carbocycles. The number of hydrogen-bond acceptors (Lipinski definition) is 5. The monoisotopic (exact) mass is 382 g/mol. The Morgan fingerprint density at radius 1 is 1.04 bits per heavy atom. The average Bonchev–Trinajstić information content (AvgIpc) is 3.22.